The lowest BCUT2D eigenvalue weighted by Crippen LogP contribution is -2.30. The minimum Gasteiger partial charge on any atom is -0.491 e. The number of aliphatic hydroxyl groups excluding tert-OH is 1. The van der Waals surface area contributed by atoms with E-state index < -0.39 is 17.7 Å². The van der Waals surface area contributed by atoms with Crippen LogP contribution in [0.3, 0.4) is 0 Å². The predicted molar refractivity (Wildman–Crippen MR) is 116 cm³/mol. The summed E-state index contributed by atoms with van der Waals surface area (Å²) in [5.74, 6) is 1.30. The Morgan fingerprint density at radius 1 is 1.44 bits per heavy atom. The topological polar surface area (TPSA) is 147 Å². The maximum Gasteiger partial charge on any atom is 0.317 e. The summed E-state index contributed by atoms with van der Waals surface area (Å²) < 4.78 is 18.9. The number of hydrogen-bond acceptors (Lipinski definition) is 8. The maximum atomic E-state index is 11.3. The number of nitrogens with two attached hydrogens (primary N) is 1. The number of aryl methyl sites for hydroxylation is 1. The van der Waals surface area contributed by atoms with Crippen LogP contribution in [0.2, 0.25) is 0 Å². The Kier molecular flexibility index (Phi) is 5.96. The molecule has 11 heteroatoms. The zero-order valence-corrected chi connectivity index (χ0v) is 18.2. The molecule has 0 unspecified atom stereocenters. The smallest absolute Gasteiger partial charge is 0.317 e. The minimum absolute atomic E-state index is 0.120. The van der Waals surface area contributed by atoms with Gasteiger partial charge in [-0.2, -0.15) is 5.10 Å². The molecule has 0 aliphatic carbocycles. The van der Waals surface area contributed by atoms with Gasteiger partial charge in [-0.1, -0.05) is 0 Å². The monoisotopic (exact) mass is 442 g/mol. The zero-order chi connectivity index (χ0) is 22.9. The van der Waals surface area contributed by atoms with E-state index in [-0.39, 0.29) is 6.61 Å². The molecule has 170 valence electrons. The lowest BCUT2D eigenvalue weighted by molar-refractivity contribution is -0.0248. The summed E-state index contributed by atoms with van der Waals surface area (Å²) in [4.78, 5) is 20.3. The van der Waals surface area contributed by atoms with Gasteiger partial charge < -0.3 is 25.1 Å². The molecule has 0 saturated carbocycles. The molecule has 1 fully saturated rings. The Balaban J connectivity index is 1.86. The first-order valence-corrected chi connectivity index (χ1v) is 10.2. The Morgan fingerprint density at radius 2 is 2.25 bits per heavy atom. The number of urea groups is 1. The number of aromatic nitrogens is 4. The molecule has 1 aliphatic heterocycles. The van der Waals surface area contributed by atoms with Crippen LogP contribution in [0.15, 0.2) is 24.4 Å². The van der Waals surface area contributed by atoms with Crippen molar-refractivity contribution in [3.8, 4) is 11.6 Å². The first-order valence-electron chi connectivity index (χ1n) is 10.2. The second kappa shape index (κ2) is 8.69. The van der Waals surface area contributed by atoms with Crippen molar-refractivity contribution in [1.82, 2.24) is 19.7 Å². The number of anilines is 1. The number of nitrogens with zero attached hydrogens (tertiary/aromatic N) is 4. The minimum atomic E-state index is -0.711. The summed E-state index contributed by atoms with van der Waals surface area (Å²) in [6, 6.07) is 4.50. The number of fused-ring (bicyclic) bond motifs is 1. The third-order valence-corrected chi connectivity index (χ3v) is 5.34. The van der Waals surface area contributed by atoms with Gasteiger partial charge in [-0.15, -0.1) is 0 Å². The van der Waals surface area contributed by atoms with Gasteiger partial charge in [0.05, 0.1) is 29.6 Å². The van der Waals surface area contributed by atoms with Crippen LogP contribution in [0.4, 0.5) is 10.6 Å². The molecule has 3 aromatic heterocycles. The molecule has 3 aromatic rings. The number of aliphatic hydroxyl groups is 1. The average molecular weight is 442 g/mol. The highest BCUT2D eigenvalue weighted by molar-refractivity contribution is 5.90. The van der Waals surface area contributed by atoms with Crippen molar-refractivity contribution in [2.75, 3.05) is 32.2 Å². The van der Waals surface area contributed by atoms with Crippen LogP contribution < -0.4 is 15.8 Å². The standard InChI is InChI=1S/C21H26N6O5/c1-12(28)10-32-14-6-17(21(30-3)4-5-31-11-21)24-19(7-14)27-16-8-18(25-20(22)29)23-9-15(16)13(2)26-27/h6-9,12,28H,4-5,10-11H2,1-3H3,(H3,22,23,25,29)/t12-,21-/m1/s1. The van der Waals surface area contributed by atoms with Crippen molar-refractivity contribution in [2.24, 2.45) is 5.73 Å². The van der Waals surface area contributed by atoms with Gasteiger partial charge in [0, 0.05) is 49.9 Å². The maximum absolute atomic E-state index is 11.3. The number of rotatable bonds is 7. The summed E-state index contributed by atoms with van der Waals surface area (Å²) in [6.45, 7) is 4.55. The largest absolute Gasteiger partial charge is 0.491 e. The molecular weight excluding hydrogens is 416 g/mol. The van der Waals surface area contributed by atoms with Crippen LogP contribution in [0.1, 0.15) is 24.7 Å². The van der Waals surface area contributed by atoms with Gasteiger partial charge in [0.15, 0.2) is 5.82 Å². The highest BCUT2D eigenvalue weighted by atomic mass is 16.5. The SMILES string of the molecule is CO[C@]1(c2cc(OC[C@@H](C)O)cc(-n3nc(C)c4cnc(NC(N)=O)cc43)n2)CCOC1. The third-order valence-electron chi connectivity index (χ3n) is 5.34. The number of amides is 2. The fourth-order valence-electron chi connectivity index (χ4n) is 3.67. The zero-order valence-electron chi connectivity index (χ0n) is 18.2. The van der Waals surface area contributed by atoms with E-state index in [9.17, 15) is 9.90 Å². The van der Waals surface area contributed by atoms with E-state index in [2.05, 4.69) is 15.4 Å². The quantitative estimate of drug-likeness (QED) is 0.500. The lowest BCUT2D eigenvalue weighted by Gasteiger charge is -2.26. The molecule has 32 heavy (non-hydrogen) atoms. The van der Waals surface area contributed by atoms with Crippen molar-refractivity contribution in [3.63, 3.8) is 0 Å². The molecular formula is C21H26N6O5. The highest BCUT2D eigenvalue weighted by Gasteiger charge is 2.39. The molecule has 0 aromatic carbocycles. The van der Waals surface area contributed by atoms with Crippen molar-refractivity contribution in [3.05, 3.63) is 35.8 Å². The number of hydrogen-bond donors (Lipinski definition) is 3. The summed E-state index contributed by atoms with van der Waals surface area (Å²) >= 11 is 0. The van der Waals surface area contributed by atoms with Gasteiger partial charge >= 0.3 is 6.03 Å². The van der Waals surface area contributed by atoms with Crippen molar-refractivity contribution in [1.29, 1.82) is 0 Å². The molecule has 0 spiro atoms. The summed E-state index contributed by atoms with van der Waals surface area (Å²) in [6.07, 6.45) is 1.63. The highest BCUT2D eigenvalue weighted by Crippen LogP contribution is 2.35. The molecule has 1 aliphatic rings. The average Bonchev–Trinajstić information content (AvgIpc) is 3.37. The van der Waals surface area contributed by atoms with Crippen LogP contribution in [0, 0.1) is 6.92 Å². The number of carbonyl (C=O) groups is 1. The van der Waals surface area contributed by atoms with Gasteiger partial charge in [0.2, 0.25) is 0 Å². The van der Waals surface area contributed by atoms with Gasteiger partial charge in [0.25, 0.3) is 0 Å². The number of primary amides is 1. The van der Waals surface area contributed by atoms with Gasteiger partial charge in [-0.05, 0) is 13.8 Å². The van der Waals surface area contributed by atoms with Crippen LogP contribution >= 0.6 is 0 Å². The molecule has 4 N–H and O–H groups in total. The van der Waals surface area contributed by atoms with Crippen LogP contribution in [0.25, 0.3) is 16.7 Å². The molecule has 2 amide bonds. The molecule has 1 saturated heterocycles. The predicted octanol–water partition coefficient (Wildman–Crippen LogP) is 1.64. The van der Waals surface area contributed by atoms with E-state index in [1.165, 1.54) is 0 Å². The number of pyridine rings is 2. The molecule has 2 atom stereocenters. The Morgan fingerprint density at radius 3 is 2.91 bits per heavy atom. The van der Waals surface area contributed by atoms with Crippen molar-refractivity contribution < 1.29 is 24.1 Å². The van der Waals surface area contributed by atoms with Gasteiger partial charge in [-0.3, -0.25) is 5.32 Å². The summed E-state index contributed by atoms with van der Waals surface area (Å²) in [5, 5.41) is 17.6. The molecule has 0 radical (unpaired) electrons. The van der Waals surface area contributed by atoms with E-state index in [1.54, 1.807) is 43.1 Å². The summed E-state index contributed by atoms with van der Waals surface area (Å²) in [5.41, 5.74) is 6.58. The van der Waals surface area contributed by atoms with E-state index in [1.807, 2.05) is 6.92 Å². The number of nitrogens with one attached hydrogen (secondary N) is 1. The Labute approximate surface area is 184 Å². The Bertz CT molecular complexity index is 1140. The van der Waals surface area contributed by atoms with E-state index in [4.69, 9.17) is 24.9 Å². The lowest BCUT2D eigenvalue weighted by atomic mass is 9.97. The van der Waals surface area contributed by atoms with Crippen molar-refractivity contribution >= 4 is 22.8 Å². The molecule has 11 nitrogen and oxygen atoms in total. The van der Waals surface area contributed by atoms with Crippen molar-refractivity contribution in [2.45, 2.75) is 32.0 Å². The molecule has 4 rings (SSSR count). The fraction of sp³-hybridized carbons (Fsp3) is 0.429. The number of carbonyl (C=O) groups excluding carboxylic acids is 1. The third kappa shape index (κ3) is 4.22. The van der Waals surface area contributed by atoms with E-state index in [0.717, 1.165) is 11.1 Å². The first-order chi connectivity index (χ1) is 15.3. The molecule has 0 bridgehead atoms. The van der Waals surface area contributed by atoms with E-state index >= 15 is 0 Å². The number of methoxy groups -OCH3 is 1. The van der Waals surface area contributed by atoms with Crippen LogP contribution in [-0.4, -0.2) is 63.9 Å². The second-order valence-corrected chi connectivity index (χ2v) is 7.78. The summed E-state index contributed by atoms with van der Waals surface area (Å²) in [7, 11) is 1.63. The fourth-order valence-corrected chi connectivity index (χ4v) is 3.67. The first kappa shape index (κ1) is 21.9. The van der Waals surface area contributed by atoms with Crippen LogP contribution in [-0.2, 0) is 15.1 Å². The molecule has 4 heterocycles. The van der Waals surface area contributed by atoms with Crippen LogP contribution in [0.5, 0.6) is 5.75 Å². The normalized spacial score (nSPS) is 19.2. The van der Waals surface area contributed by atoms with E-state index in [0.29, 0.717) is 48.2 Å². The Hall–Kier alpha value is -3.28. The second-order valence-electron chi connectivity index (χ2n) is 7.78. The van der Waals surface area contributed by atoms with Gasteiger partial charge in [-0.25, -0.2) is 19.4 Å². The van der Waals surface area contributed by atoms with Gasteiger partial charge in [0.1, 0.15) is 23.8 Å². The number of ether oxygens (including phenoxy) is 3.